The van der Waals surface area contributed by atoms with Crippen molar-refractivity contribution in [2.24, 2.45) is 0 Å². The van der Waals surface area contributed by atoms with E-state index in [9.17, 15) is 13.9 Å². The van der Waals surface area contributed by atoms with E-state index in [-0.39, 0.29) is 0 Å². The van der Waals surface area contributed by atoms with Gasteiger partial charge in [0.15, 0.2) is 0 Å². The van der Waals surface area contributed by atoms with Gasteiger partial charge in [-0.1, -0.05) is 0 Å². The number of hydrogen-bond donors (Lipinski definition) is 2. The minimum Gasteiger partial charge on any atom is -0.389 e. The number of halogens is 2. The lowest BCUT2D eigenvalue weighted by Gasteiger charge is -2.23. The Kier molecular flexibility index (Phi) is 5.65. The molecule has 3 nitrogen and oxygen atoms in total. The van der Waals surface area contributed by atoms with Crippen molar-refractivity contribution in [1.82, 2.24) is 5.32 Å². The van der Waals surface area contributed by atoms with E-state index in [0.29, 0.717) is 31.7 Å². The van der Waals surface area contributed by atoms with Crippen LogP contribution in [-0.2, 0) is 11.3 Å². The molecule has 0 saturated heterocycles. The summed E-state index contributed by atoms with van der Waals surface area (Å²) in [6.07, 6.45) is 0.494. The fraction of sp³-hybridized carbons (Fsp3) is 0.538. The molecule has 1 unspecified atom stereocenters. The third kappa shape index (κ3) is 5.53. The van der Waals surface area contributed by atoms with Crippen LogP contribution in [0.15, 0.2) is 18.2 Å². The monoisotopic (exact) mass is 259 g/mol. The van der Waals surface area contributed by atoms with E-state index in [1.54, 1.807) is 14.0 Å². The molecule has 18 heavy (non-hydrogen) atoms. The van der Waals surface area contributed by atoms with Gasteiger partial charge in [-0.05, 0) is 24.6 Å². The van der Waals surface area contributed by atoms with Crippen LogP contribution in [0.5, 0.6) is 0 Å². The van der Waals surface area contributed by atoms with Crippen LogP contribution < -0.4 is 5.32 Å². The zero-order chi connectivity index (χ0) is 13.6. The highest BCUT2D eigenvalue weighted by molar-refractivity contribution is 5.17. The summed E-state index contributed by atoms with van der Waals surface area (Å²) in [5.74, 6) is -1.20. The SMILES string of the molecule is COCCC(C)(O)CNCc1cc(F)cc(F)c1. The third-order valence-electron chi connectivity index (χ3n) is 2.60. The fourth-order valence-corrected chi connectivity index (χ4v) is 1.60. The number of aliphatic hydroxyl groups is 1. The standard InChI is InChI=1S/C13H19F2NO2/c1-13(17,3-4-18-2)9-16-8-10-5-11(14)7-12(15)6-10/h5-7,16-17H,3-4,8-9H2,1-2H3. The number of benzene rings is 1. The predicted octanol–water partition coefficient (Wildman–Crippen LogP) is 1.84. The highest BCUT2D eigenvalue weighted by atomic mass is 19.1. The topological polar surface area (TPSA) is 41.5 Å². The van der Waals surface area contributed by atoms with Crippen molar-refractivity contribution in [3.8, 4) is 0 Å². The average Bonchev–Trinajstić information content (AvgIpc) is 2.25. The van der Waals surface area contributed by atoms with E-state index in [2.05, 4.69) is 5.32 Å². The molecule has 0 aliphatic rings. The first-order valence-corrected chi connectivity index (χ1v) is 5.80. The maximum Gasteiger partial charge on any atom is 0.126 e. The molecule has 0 fully saturated rings. The molecule has 1 aromatic carbocycles. The van der Waals surface area contributed by atoms with Gasteiger partial charge >= 0.3 is 0 Å². The number of methoxy groups -OCH3 is 1. The predicted molar refractivity (Wildman–Crippen MR) is 65.2 cm³/mol. The van der Waals surface area contributed by atoms with Crippen LogP contribution in [0.25, 0.3) is 0 Å². The molecular weight excluding hydrogens is 240 g/mol. The van der Waals surface area contributed by atoms with Gasteiger partial charge in [0, 0.05) is 39.3 Å². The molecule has 102 valence electrons. The molecule has 1 atom stereocenters. The molecule has 0 bridgehead atoms. The van der Waals surface area contributed by atoms with Gasteiger partial charge in [-0.25, -0.2) is 8.78 Å². The Morgan fingerprint density at radius 1 is 1.28 bits per heavy atom. The van der Waals surface area contributed by atoms with Gasteiger partial charge in [0.05, 0.1) is 5.60 Å². The molecule has 2 N–H and O–H groups in total. The second kappa shape index (κ2) is 6.78. The summed E-state index contributed by atoms with van der Waals surface area (Å²) in [6, 6.07) is 3.36. The molecule has 0 heterocycles. The number of rotatable bonds is 7. The summed E-state index contributed by atoms with van der Waals surface area (Å²) in [7, 11) is 1.57. The molecule has 0 aliphatic carbocycles. The van der Waals surface area contributed by atoms with Gasteiger partial charge in [-0.15, -0.1) is 0 Å². The van der Waals surface area contributed by atoms with Crippen molar-refractivity contribution in [3.05, 3.63) is 35.4 Å². The second-order valence-corrected chi connectivity index (χ2v) is 4.62. The first kappa shape index (κ1) is 15.0. The molecule has 5 heteroatoms. The van der Waals surface area contributed by atoms with E-state index < -0.39 is 17.2 Å². The zero-order valence-electron chi connectivity index (χ0n) is 10.7. The molecule has 0 aliphatic heterocycles. The average molecular weight is 259 g/mol. The van der Waals surface area contributed by atoms with Crippen LogP contribution in [0.1, 0.15) is 18.9 Å². The Labute approximate surface area is 106 Å². The van der Waals surface area contributed by atoms with Crippen molar-refractivity contribution < 1.29 is 18.6 Å². The Balaban J connectivity index is 2.41. The van der Waals surface area contributed by atoms with Crippen molar-refractivity contribution in [3.63, 3.8) is 0 Å². The van der Waals surface area contributed by atoms with Gasteiger partial charge in [0.2, 0.25) is 0 Å². The maximum absolute atomic E-state index is 12.9. The Morgan fingerprint density at radius 3 is 2.44 bits per heavy atom. The number of ether oxygens (including phenoxy) is 1. The molecule has 0 saturated carbocycles. The normalized spacial score (nSPS) is 14.5. The maximum atomic E-state index is 12.9. The van der Waals surface area contributed by atoms with E-state index in [1.165, 1.54) is 12.1 Å². The third-order valence-corrected chi connectivity index (χ3v) is 2.60. The number of nitrogens with one attached hydrogen (secondary N) is 1. The lowest BCUT2D eigenvalue weighted by molar-refractivity contribution is 0.0247. The lowest BCUT2D eigenvalue weighted by atomic mass is 10.0. The summed E-state index contributed by atoms with van der Waals surface area (Å²) in [6.45, 7) is 2.78. The van der Waals surface area contributed by atoms with Crippen molar-refractivity contribution in [2.45, 2.75) is 25.5 Å². The van der Waals surface area contributed by atoms with Gasteiger partial charge in [0.1, 0.15) is 11.6 Å². The summed E-state index contributed by atoms with van der Waals surface area (Å²) < 4.78 is 30.7. The molecule has 0 amide bonds. The minimum atomic E-state index is -0.901. The quantitative estimate of drug-likeness (QED) is 0.785. The Morgan fingerprint density at radius 2 is 1.89 bits per heavy atom. The first-order valence-electron chi connectivity index (χ1n) is 5.80. The van der Waals surface area contributed by atoms with Crippen LogP contribution in [0.2, 0.25) is 0 Å². The minimum absolute atomic E-state index is 0.303. The van der Waals surface area contributed by atoms with E-state index in [4.69, 9.17) is 4.74 Å². The second-order valence-electron chi connectivity index (χ2n) is 4.62. The Hall–Kier alpha value is -1.04. The number of hydrogen-bond acceptors (Lipinski definition) is 3. The van der Waals surface area contributed by atoms with E-state index in [1.807, 2.05) is 0 Å². The van der Waals surface area contributed by atoms with Crippen LogP contribution in [0, 0.1) is 11.6 Å². The van der Waals surface area contributed by atoms with Crippen LogP contribution in [-0.4, -0.2) is 31.0 Å². The molecule has 0 aromatic heterocycles. The summed E-state index contributed by atoms with van der Waals surface area (Å²) in [4.78, 5) is 0. The Bertz CT molecular complexity index is 363. The van der Waals surface area contributed by atoms with Crippen molar-refractivity contribution in [2.75, 3.05) is 20.3 Å². The molecule has 1 aromatic rings. The highest BCUT2D eigenvalue weighted by Crippen LogP contribution is 2.10. The van der Waals surface area contributed by atoms with Gasteiger partial charge in [-0.3, -0.25) is 0 Å². The highest BCUT2D eigenvalue weighted by Gasteiger charge is 2.19. The van der Waals surface area contributed by atoms with E-state index >= 15 is 0 Å². The molecular formula is C13H19F2NO2. The summed E-state index contributed by atoms with van der Waals surface area (Å²) >= 11 is 0. The van der Waals surface area contributed by atoms with E-state index in [0.717, 1.165) is 6.07 Å². The molecule has 0 radical (unpaired) electrons. The largest absolute Gasteiger partial charge is 0.389 e. The van der Waals surface area contributed by atoms with Gasteiger partial charge < -0.3 is 15.2 Å². The smallest absolute Gasteiger partial charge is 0.126 e. The van der Waals surface area contributed by atoms with Crippen LogP contribution >= 0.6 is 0 Å². The van der Waals surface area contributed by atoms with Crippen LogP contribution in [0.3, 0.4) is 0 Å². The lowest BCUT2D eigenvalue weighted by Crippen LogP contribution is -2.38. The first-order chi connectivity index (χ1) is 8.43. The van der Waals surface area contributed by atoms with Crippen LogP contribution in [0.4, 0.5) is 8.78 Å². The molecule has 0 spiro atoms. The summed E-state index contributed by atoms with van der Waals surface area (Å²) in [5.41, 5.74) is -0.392. The van der Waals surface area contributed by atoms with Gasteiger partial charge in [-0.2, -0.15) is 0 Å². The zero-order valence-corrected chi connectivity index (χ0v) is 10.7. The summed E-state index contributed by atoms with van der Waals surface area (Å²) in [5, 5.41) is 12.9. The molecule has 1 rings (SSSR count). The fourth-order valence-electron chi connectivity index (χ4n) is 1.60. The van der Waals surface area contributed by atoms with Crippen molar-refractivity contribution in [1.29, 1.82) is 0 Å². The van der Waals surface area contributed by atoms with Gasteiger partial charge in [0.25, 0.3) is 0 Å². The van der Waals surface area contributed by atoms with Crippen molar-refractivity contribution >= 4 is 0 Å².